The fourth-order valence-corrected chi connectivity index (χ4v) is 4.35. The highest BCUT2D eigenvalue weighted by atomic mass is 79.9. The number of hydrogen-bond acceptors (Lipinski definition) is 4. The number of aromatic carboxylic acids is 1. The van der Waals surface area contributed by atoms with E-state index in [9.17, 15) is 15.1 Å². The molecule has 0 unspecified atom stereocenters. The van der Waals surface area contributed by atoms with E-state index in [1.54, 1.807) is 36.4 Å². The zero-order chi connectivity index (χ0) is 20.4. The van der Waals surface area contributed by atoms with Crippen molar-refractivity contribution in [1.29, 1.82) is 0 Å². The molecular formula is C22H15BrN2O3S. The Hall–Kier alpha value is -2.84. The first kappa shape index (κ1) is 19.5. The lowest BCUT2D eigenvalue weighted by atomic mass is 9.96. The number of carboxylic acid groups (broad SMARTS) is 1. The van der Waals surface area contributed by atoms with E-state index in [4.69, 9.17) is 0 Å². The van der Waals surface area contributed by atoms with E-state index in [1.165, 1.54) is 11.3 Å². The molecule has 29 heavy (non-hydrogen) atoms. The Morgan fingerprint density at radius 3 is 2.59 bits per heavy atom. The molecule has 0 fully saturated rings. The van der Waals surface area contributed by atoms with Crippen LogP contribution < -0.4 is 5.48 Å². The maximum absolute atomic E-state index is 11.9. The van der Waals surface area contributed by atoms with Crippen molar-refractivity contribution >= 4 is 38.9 Å². The lowest BCUT2D eigenvalue weighted by Gasteiger charge is -2.12. The third-order valence-corrected chi connectivity index (χ3v) is 5.88. The standard InChI is InChI=1S/C22H15BrN2O3S/c23-15-5-3-4-13(10-15)20-12-29-21(24-20)14-8-9-16(18(11-14)22(26)27)17-6-1-2-7-19(17)25-28/h1-12H,25H2,(H,26,27). The molecule has 7 heteroatoms. The number of carboxylic acids is 1. The van der Waals surface area contributed by atoms with E-state index in [0.29, 0.717) is 16.8 Å². The average Bonchev–Trinajstić information content (AvgIpc) is 3.23. The van der Waals surface area contributed by atoms with E-state index in [2.05, 4.69) is 20.9 Å². The Kier molecular flexibility index (Phi) is 5.55. The first-order chi connectivity index (χ1) is 14.1. The fraction of sp³-hybridized carbons (Fsp3) is 0. The summed E-state index contributed by atoms with van der Waals surface area (Å²) in [5.74, 6) is -1.05. The molecule has 0 aliphatic rings. The Labute approximate surface area is 179 Å². The van der Waals surface area contributed by atoms with Crippen molar-refractivity contribution in [2.75, 3.05) is 0 Å². The largest absolute Gasteiger partial charge is 0.630 e. The van der Waals surface area contributed by atoms with Crippen molar-refractivity contribution in [3.8, 4) is 33.0 Å². The number of nitrogens with two attached hydrogens (primary N) is 1. The summed E-state index contributed by atoms with van der Waals surface area (Å²) >= 11 is 4.92. The van der Waals surface area contributed by atoms with Gasteiger partial charge in [0.15, 0.2) is 0 Å². The van der Waals surface area contributed by atoms with Gasteiger partial charge >= 0.3 is 5.97 Å². The summed E-state index contributed by atoms with van der Waals surface area (Å²) in [6.07, 6.45) is 0. The van der Waals surface area contributed by atoms with Crippen LogP contribution >= 0.6 is 27.3 Å². The van der Waals surface area contributed by atoms with E-state index in [0.717, 1.165) is 31.8 Å². The van der Waals surface area contributed by atoms with Gasteiger partial charge in [0.1, 0.15) is 10.7 Å². The maximum atomic E-state index is 11.9. The first-order valence-corrected chi connectivity index (χ1v) is 10.4. The van der Waals surface area contributed by atoms with Crippen LogP contribution in [0, 0.1) is 5.21 Å². The van der Waals surface area contributed by atoms with E-state index >= 15 is 0 Å². The number of rotatable bonds is 5. The Morgan fingerprint density at radius 2 is 1.83 bits per heavy atom. The van der Waals surface area contributed by atoms with Crippen LogP contribution in [0.1, 0.15) is 10.4 Å². The van der Waals surface area contributed by atoms with Gasteiger partial charge in [-0.2, -0.15) is 0 Å². The third-order valence-electron chi connectivity index (χ3n) is 4.50. The second-order valence-corrected chi connectivity index (χ2v) is 8.09. The molecule has 0 aliphatic heterocycles. The Balaban J connectivity index is 1.77. The second kappa shape index (κ2) is 8.26. The van der Waals surface area contributed by atoms with Gasteiger partial charge in [-0.1, -0.05) is 52.3 Å². The molecule has 0 aliphatic carbocycles. The predicted octanol–water partition coefficient (Wildman–Crippen LogP) is 5.30. The van der Waals surface area contributed by atoms with Gasteiger partial charge in [0, 0.05) is 32.1 Å². The van der Waals surface area contributed by atoms with Crippen LogP contribution in [0.4, 0.5) is 5.69 Å². The highest BCUT2D eigenvalue weighted by Gasteiger charge is 2.18. The molecular weight excluding hydrogens is 452 g/mol. The van der Waals surface area contributed by atoms with E-state index in [1.807, 2.05) is 35.7 Å². The van der Waals surface area contributed by atoms with Crippen LogP contribution in [-0.4, -0.2) is 16.1 Å². The van der Waals surface area contributed by atoms with Gasteiger partial charge in [-0.15, -0.1) is 11.3 Å². The molecule has 144 valence electrons. The lowest BCUT2D eigenvalue weighted by molar-refractivity contribution is -0.496. The number of hydrogen-bond donors (Lipinski definition) is 2. The number of aromatic nitrogens is 1. The average molecular weight is 467 g/mol. The van der Waals surface area contributed by atoms with Gasteiger partial charge in [0.25, 0.3) is 0 Å². The number of thiazole rings is 1. The van der Waals surface area contributed by atoms with Gasteiger partial charge in [0.05, 0.1) is 11.3 Å². The van der Waals surface area contributed by atoms with Gasteiger partial charge in [-0.05, 0) is 30.3 Å². The molecule has 0 bridgehead atoms. The number of benzene rings is 3. The van der Waals surface area contributed by atoms with Gasteiger partial charge < -0.3 is 15.8 Å². The molecule has 0 saturated carbocycles. The number of halogens is 1. The van der Waals surface area contributed by atoms with Crippen LogP contribution in [0.5, 0.6) is 0 Å². The molecule has 1 aromatic heterocycles. The van der Waals surface area contributed by atoms with Crippen molar-refractivity contribution in [3.63, 3.8) is 0 Å². The monoisotopic (exact) mass is 466 g/mol. The van der Waals surface area contributed by atoms with Gasteiger partial charge in [0.2, 0.25) is 0 Å². The molecule has 0 radical (unpaired) electrons. The molecule has 3 N–H and O–H groups in total. The molecule has 5 nitrogen and oxygen atoms in total. The summed E-state index contributed by atoms with van der Waals surface area (Å²) < 4.78 is 0.968. The van der Waals surface area contributed by atoms with Crippen molar-refractivity contribution in [1.82, 2.24) is 4.98 Å². The first-order valence-electron chi connectivity index (χ1n) is 8.70. The van der Waals surface area contributed by atoms with Crippen molar-refractivity contribution in [2.24, 2.45) is 0 Å². The molecule has 4 rings (SSSR count). The summed E-state index contributed by atoms with van der Waals surface area (Å²) in [5, 5.41) is 23.8. The fourth-order valence-electron chi connectivity index (χ4n) is 3.12. The topological polar surface area (TPSA) is 89.9 Å². The lowest BCUT2D eigenvalue weighted by Crippen LogP contribution is -2.70. The van der Waals surface area contributed by atoms with Gasteiger partial charge in [-0.25, -0.2) is 9.78 Å². The summed E-state index contributed by atoms with van der Waals surface area (Å²) in [6.45, 7) is 0. The quantitative estimate of drug-likeness (QED) is 0.308. The molecule has 1 heterocycles. The second-order valence-electron chi connectivity index (χ2n) is 6.32. The minimum Gasteiger partial charge on any atom is -0.630 e. The highest BCUT2D eigenvalue weighted by Crippen LogP contribution is 2.34. The van der Waals surface area contributed by atoms with Crippen molar-refractivity contribution in [2.45, 2.75) is 0 Å². The maximum Gasteiger partial charge on any atom is 0.336 e. The number of carbonyl (C=O) groups is 1. The van der Waals surface area contributed by atoms with E-state index in [-0.39, 0.29) is 5.56 Å². The summed E-state index contributed by atoms with van der Waals surface area (Å²) in [4.78, 5) is 16.6. The predicted molar refractivity (Wildman–Crippen MR) is 118 cm³/mol. The number of quaternary nitrogens is 1. The zero-order valence-electron chi connectivity index (χ0n) is 15.0. The molecule has 0 saturated heterocycles. The Morgan fingerprint density at radius 1 is 1.00 bits per heavy atom. The van der Waals surface area contributed by atoms with Crippen molar-refractivity contribution < 1.29 is 15.4 Å². The van der Waals surface area contributed by atoms with Crippen LogP contribution in [0.25, 0.3) is 33.0 Å². The normalized spacial score (nSPS) is 10.8. The SMILES string of the molecule is O=C(O)c1cc(-c2nc(-c3cccc(Br)c3)cs2)ccc1-c1ccccc1[NH2+][O-]. The Bertz CT molecular complexity index is 1210. The zero-order valence-corrected chi connectivity index (χ0v) is 17.4. The van der Waals surface area contributed by atoms with E-state index < -0.39 is 5.97 Å². The summed E-state index contributed by atoms with van der Waals surface area (Å²) in [7, 11) is 0. The smallest absolute Gasteiger partial charge is 0.336 e. The van der Waals surface area contributed by atoms with Crippen LogP contribution in [0.15, 0.2) is 76.6 Å². The summed E-state index contributed by atoms with van der Waals surface area (Å²) in [5.41, 5.74) is 4.97. The highest BCUT2D eigenvalue weighted by molar-refractivity contribution is 9.10. The third kappa shape index (κ3) is 3.99. The minimum absolute atomic E-state index is 0.135. The summed E-state index contributed by atoms with van der Waals surface area (Å²) in [6, 6.07) is 20.0. The van der Waals surface area contributed by atoms with Crippen molar-refractivity contribution in [3.05, 3.63) is 87.4 Å². The molecule has 0 amide bonds. The van der Waals surface area contributed by atoms with Crippen LogP contribution in [0.3, 0.4) is 0 Å². The molecule has 3 aromatic carbocycles. The molecule has 0 spiro atoms. The van der Waals surface area contributed by atoms with Crippen LogP contribution in [0.2, 0.25) is 0 Å². The minimum atomic E-state index is -1.05. The molecule has 4 aromatic rings. The van der Waals surface area contributed by atoms with Gasteiger partial charge in [-0.3, -0.25) is 0 Å². The molecule has 0 atom stereocenters. The number of nitrogens with zero attached hydrogens (tertiary/aromatic N) is 1. The van der Waals surface area contributed by atoms with Crippen LogP contribution in [-0.2, 0) is 0 Å².